The summed E-state index contributed by atoms with van der Waals surface area (Å²) < 4.78 is 37.5. The van der Waals surface area contributed by atoms with E-state index in [4.69, 9.17) is 32.7 Å². The van der Waals surface area contributed by atoms with E-state index >= 15 is 0 Å². The number of esters is 1. The molecule has 0 saturated carbocycles. The predicted octanol–water partition coefficient (Wildman–Crippen LogP) is 2.65. The Morgan fingerprint density at radius 2 is 1.82 bits per heavy atom. The Hall–Kier alpha value is -2.77. The molecule has 2 heterocycles. The maximum Gasteiger partial charge on any atom is 0.329 e. The van der Waals surface area contributed by atoms with Crippen LogP contribution < -0.4 is 10.6 Å². The van der Waals surface area contributed by atoms with Gasteiger partial charge in [-0.25, -0.2) is 18.2 Å². The van der Waals surface area contributed by atoms with Crippen molar-refractivity contribution in [1.82, 2.24) is 14.6 Å². The van der Waals surface area contributed by atoms with E-state index in [-0.39, 0.29) is 34.4 Å². The molecule has 1 aliphatic heterocycles. The molecule has 11 nitrogen and oxygen atoms in total. The van der Waals surface area contributed by atoms with Crippen LogP contribution in [0.25, 0.3) is 0 Å². The summed E-state index contributed by atoms with van der Waals surface area (Å²) >= 11 is 12.0. The molecule has 14 heteroatoms. The van der Waals surface area contributed by atoms with Gasteiger partial charge in [-0.05, 0) is 37.1 Å². The molecule has 2 aromatic rings. The number of sulfonamides is 1. The number of aromatic nitrogens is 1. The number of anilines is 1. The normalized spacial score (nSPS) is 15.1. The molecule has 1 fully saturated rings. The number of halogens is 2. The van der Waals surface area contributed by atoms with E-state index in [0.29, 0.717) is 23.9 Å². The molecule has 1 atom stereocenters. The van der Waals surface area contributed by atoms with Gasteiger partial charge in [-0.3, -0.25) is 9.59 Å². The zero-order valence-corrected chi connectivity index (χ0v) is 23.3. The summed E-state index contributed by atoms with van der Waals surface area (Å²) in [5, 5.41) is 5.46. The smallest absolute Gasteiger partial charge is 0.329 e. The highest BCUT2D eigenvalue weighted by molar-refractivity contribution is 7.89. The fourth-order valence-electron chi connectivity index (χ4n) is 3.50. The number of morpholine rings is 1. The fraction of sp³-hybridized carbons (Fsp3) is 0.417. The second kappa shape index (κ2) is 12.9. The minimum atomic E-state index is -3.82. The lowest BCUT2D eigenvalue weighted by molar-refractivity contribution is -0.150. The van der Waals surface area contributed by atoms with Gasteiger partial charge in [0.1, 0.15) is 6.04 Å². The van der Waals surface area contributed by atoms with Crippen molar-refractivity contribution in [3.05, 3.63) is 51.6 Å². The molecular formula is C24H28Cl2N4O7S. The summed E-state index contributed by atoms with van der Waals surface area (Å²) in [6, 6.07) is 5.87. The van der Waals surface area contributed by atoms with Crippen LogP contribution in [0.1, 0.15) is 29.9 Å². The first-order valence-corrected chi connectivity index (χ1v) is 13.9. The van der Waals surface area contributed by atoms with Crippen LogP contribution in [0.4, 0.5) is 5.82 Å². The van der Waals surface area contributed by atoms with Crippen LogP contribution in [0.5, 0.6) is 0 Å². The van der Waals surface area contributed by atoms with E-state index in [1.54, 1.807) is 20.8 Å². The number of rotatable bonds is 9. The first-order valence-electron chi connectivity index (χ1n) is 11.7. The van der Waals surface area contributed by atoms with Crippen molar-refractivity contribution in [3.8, 4) is 0 Å². The van der Waals surface area contributed by atoms with Gasteiger partial charge in [-0.2, -0.15) is 4.31 Å². The highest BCUT2D eigenvalue weighted by Crippen LogP contribution is 2.25. The first kappa shape index (κ1) is 29.8. The van der Waals surface area contributed by atoms with Crippen LogP contribution in [0.2, 0.25) is 10.0 Å². The number of ether oxygens (including phenoxy) is 2. The molecule has 0 bridgehead atoms. The highest BCUT2D eigenvalue weighted by atomic mass is 35.5. The minimum absolute atomic E-state index is 0.0444. The number of carbonyl (C=O) groups is 3. The highest BCUT2D eigenvalue weighted by Gasteiger charge is 2.29. The minimum Gasteiger partial charge on any atom is -0.454 e. The largest absolute Gasteiger partial charge is 0.454 e. The number of nitrogens with zero attached hydrogens (tertiary/aromatic N) is 2. The van der Waals surface area contributed by atoms with E-state index in [1.165, 1.54) is 34.6 Å². The van der Waals surface area contributed by atoms with Gasteiger partial charge in [0, 0.05) is 18.7 Å². The third kappa shape index (κ3) is 7.41. The summed E-state index contributed by atoms with van der Waals surface area (Å²) in [6.45, 7) is 5.37. The van der Waals surface area contributed by atoms with Crippen molar-refractivity contribution in [3.63, 3.8) is 0 Å². The van der Waals surface area contributed by atoms with Gasteiger partial charge in [0.2, 0.25) is 10.0 Å². The van der Waals surface area contributed by atoms with Crippen LogP contribution in [0, 0.1) is 12.8 Å². The van der Waals surface area contributed by atoms with Crippen LogP contribution in [-0.4, -0.2) is 74.4 Å². The maximum absolute atomic E-state index is 12.9. The molecule has 1 aliphatic rings. The van der Waals surface area contributed by atoms with Crippen LogP contribution in [0.3, 0.4) is 0 Å². The third-order valence-electron chi connectivity index (χ3n) is 5.62. The number of nitrogens with one attached hydrogen (secondary N) is 2. The van der Waals surface area contributed by atoms with Crippen molar-refractivity contribution in [2.75, 3.05) is 38.2 Å². The van der Waals surface area contributed by atoms with Crippen molar-refractivity contribution >= 4 is 56.8 Å². The number of amides is 2. The lowest BCUT2D eigenvalue weighted by Gasteiger charge is -2.26. The third-order valence-corrected chi connectivity index (χ3v) is 8.18. The van der Waals surface area contributed by atoms with E-state index in [2.05, 4.69) is 15.6 Å². The predicted molar refractivity (Wildman–Crippen MR) is 141 cm³/mol. The molecule has 1 saturated heterocycles. The first-order chi connectivity index (χ1) is 17.9. The molecule has 0 unspecified atom stereocenters. The van der Waals surface area contributed by atoms with Crippen molar-refractivity contribution < 1.29 is 32.3 Å². The molecule has 2 N–H and O–H groups in total. The van der Waals surface area contributed by atoms with Crippen LogP contribution >= 0.6 is 23.2 Å². The van der Waals surface area contributed by atoms with Crippen molar-refractivity contribution in [2.45, 2.75) is 31.7 Å². The van der Waals surface area contributed by atoms with Gasteiger partial charge in [-0.15, -0.1) is 0 Å². The van der Waals surface area contributed by atoms with E-state index < -0.39 is 46.4 Å². The number of carbonyl (C=O) groups excluding carboxylic acids is 3. The molecule has 38 heavy (non-hydrogen) atoms. The summed E-state index contributed by atoms with van der Waals surface area (Å²) in [7, 11) is -3.82. The lowest BCUT2D eigenvalue weighted by atomic mass is 10.0. The molecule has 0 radical (unpaired) electrons. The number of hydrogen-bond acceptors (Lipinski definition) is 8. The summed E-state index contributed by atoms with van der Waals surface area (Å²) in [6.07, 6.45) is 0. The standard InChI is InChI=1S/C24H28Cl2N4O7S/c1-14(2)21(24(33)37-13-20(31)28-22-19(26)12-18(25)15(3)27-22)29-23(32)16-5-4-6-17(11-16)38(34,35)30-7-9-36-10-8-30/h4-6,11-12,14,21H,7-10,13H2,1-3H3,(H,29,32)(H,27,28,31)/t21-/m0/s1. The number of aryl methyl sites for hydroxylation is 1. The Labute approximate surface area is 230 Å². The average molecular weight is 587 g/mol. The van der Waals surface area contributed by atoms with Crippen LogP contribution in [0.15, 0.2) is 35.2 Å². The monoisotopic (exact) mass is 586 g/mol. The maximum atomic E-state index is 12.9. The zero-order valence-electron chi connectivity index (χ0n) is 21.0. The number of pyridine rings is 1. The summed E-state index contributed by atoms with van der Waals surface area (Å²) in [5.41, 5.74) is 0.502. The van der Waals surface area contributed by atoms with Gasteiger partial charge in [0.25, 0.3) is 11.8 Å². The van der Waals surface area contributed by atoms with Gasteiger partial charge in [-0.1, -0.05) is 43.1 Å². The molecule has 0 spiro atoms. The molecule has 206 valence electrons. The Morgan fingerprint density at radius 3 is 2.47 bits per heavy atom. The number of hydrogen-bond donors (Lipinski definition) is 2. The SMILES string of the molecule is Cc1nc(NC(=O)COC(=O)[C@@H](NC(=O)c2cccc(S(=O)(=O)N3CCOCC3)c2)C(C)C)c(Cl)cc1Cl. The molecule has 0 aliphatic carbocycles. The average Bonchev–Trinajstić information content (AvgIpc) is 2.89. The molecule has 3 rings (SSSR count). The van der Waals surface area contributed by atoms with Gasteiger partial charge in [0.15, 0.2) is 12.4 Å². The second-order valence-corrected chi connectivity index (χ2v) is 11.5. The van der Waals surface area contributed by atoms with E-state index in [1.807, 2.05) is 0 Å². The van der Waals surface area contributed by atoms with Crippen molar-refractivity contribution in [1.29, 1.82) is 0 Å². The van der Waals surface area contributed by atoms with Crippen LogP contribution in [-0.2, 0) is 29.1 Å². The Balaban J connectivity index is 1.64. The van der Waals surface area contributed by atoms with Gasteiger partial charge < -0.3 is 20.1 Å². The zero-order chi connectivity index (χ0) is 28.0. The Bertz CT molecular complexity index is 1310. The Kier molecular flexibility index (Phi) is 10.1. The molecule has 2 amide bonds. The van der Waals surface area contributed by atoms with Gasteiger partial charge in [0.05, 0.1) is 33.8 Å². The second-order valence-electron chi connectivity index (χ2n) is 8.78. The Morgan fingerprint density at radius 1 is 1.13 bits per heavy atom. The fourth-order valence-corrected chi connectivity index (χ4v) is 5.36. The molecule has 1 aromatic heterocycles. The van der Waals surface area contributed by atoms with Gasteiger partial charge >= 0.3 is 5.97 Å². The molecule has 1 aromatic carbocycles. The lowest BCUT2D eigenvalue weighted by Crippen LogP contribution is -2.46. The van der Waals surface area contributed by atoms with Crippen molar-refractivity contribution in [2.24, 2.45) is 5.92 Å². The quantitative estimate of drug-likeness (QED) is 0.427. The summed E-state index contributed by atoms with van der Waals surface area (Å²) in [4.78, 5) is 42.0. The molecular weight excluding hydrogens is 559 g/mol. The van der Waals surface area contributed by atoms with E-state index in [0.717, 1.165) is 0 Å². The van der Waals surface area contributed by atoms with E-state index in [9.17, 15) is 22.8 Å². The number of benzene rings is 1. The topological polar surface area (TPSA) is 144 Å². The summed E-state index contributed by atoms with van der Waals surface area (Å²) in [5.74, 6) is -2.53.